The number of hydrogen-bond acceptors (Lipinski definition) is 4. The highest BCUT2D eigenvalue weighted by atomic mass is 15.2. The van der Waals surface area contributed by atoms with Gasteiger partial charge >= 0.3 is 0 Å². The second-order valence-electron chi connectivity index (χ2n) is 6.02. The fourth-order valence-corrected chi connectivity index (χ4v) is 2.75. The van der Waals surface area contributed by atoms with Crippen molar-refractivity contribution >= 4 is 11.6 Å². The van der Waals surface area contributed by atoms with Crippen molar-refractivity contribution in [3.8, 4) is 0 Å². The summed E-state index contributed by atoms with van der Waals surface area (Å²) in [6, 6.07) is 2.10. The van der Waals surface area contributed by atoms with E-state index in [1.54, 1.807) is 0 Å². The lowest BCUT2D eigenvalue weighted by Gasteiger charge is -2.33. The molecule has 2 heterocycles. The molecule has 1 atom stereocenters. The van der Waals surface area contributed by atoms with E-state index in [4.69, 9.17) is 4.98 Å². The molecular weight excluding hydrogens is 248 g/mol. The minimum atomic E-state index is 0.360. The van der Waals surface area contributed by atoms with Gasteiger partial charge in [-0.25, -0.2) is 9.97 Å². The van der Waals surface area contributed by atoms with Crippen LogP contribution in [0.4, 0.5) is 11.6 Å². The summed E-state index contributed by atoms with van der Waals surface area (Å²) in [6.07, 6.45) is 3.89. The second-order valence-corrected chi connectivity index (χ2v) is 6.02. The Labute approximate surface area is 123 Å². The summed E-state index contributed by atoms with van der Waals surface area (Å²) in [4.78, 5) is 11.8. The average Bonchev–Trinajstić information content (AvgIpc) is 2.47. The Morgan fingerprint density at radius 1 is 1.35 bits per heavy atom. The van der Waals surface area contributed by atoms with E-state index in [1.165, 1.54) is 19.3 Å². The molecule has 0 aliphatic carbocycles. The number of piperidine rings is 1. The first-order valence-electron chi connectivity index (χ1n) is 8.01. The molecule has 0 aromatic carbocycles. The number of anilines is 2. The van der Waals surface area contributed by atoms with E-state index >= 15 is 0 Å². The average molecular weight is 276 g/mol. The number of rotatable bonds is 5. The third kappa shape index (κ3) is 3.62. The van der Waals surface area contributed by atoms with Crippen LogP contribution in [0, 0.1) is 5.92 Å². The first-order valence-corrected chi connectivity index (χ1v) is 8.01. The Morgan fingerprint density at radius 2 is 2.15 bits per heavy atom. The summed E-state index contributed by atoms with van der Waals surface area (Å²) >= 11 is 0. The van der Waals surface area contributed by atoms with Gasteiger partial charge in [-0.3, -0.25) is 0 Å². The molecule has 4 nitrogen and oxygen atoms in total. The first-order chi connectivity index (χ1) is 9.63. The van der Waals surface area contributed by atoms with Crippen LogP contribution in [0.3, 0.4) is 0 Å². The molecule has 2 rings (SSSR count). The van der Waals surface area contributed by atoms with Gasteiger partial charge in [-0.1, -0.05) is 27.2 Å². The zero-order chi connectivity index (χ0) is 14.5. The monoisotopic (exact) mass is 276 g/mol. The molecule has 0 bridgehead atoms. The van der Waals surface area contributed by atoms with Crippen molar-refractivity contribution in [2.24, 2.45) is 5.92 Å². The molecule has 1 fully saturated rings. The minimum Gasteiger partial charge on any atom is -0.370 e. The Morgan fingerprint density at radius 3 is 2.80 bits per heavy atom. The van der Waals surface area contributed by atoms with Gasteiger partial charge in [0.2, 0.25) is 0 Å². The molecule has 0 amide bonds. The summed E-state index contributed by atoms with van der Waals surface area (Å²) < 4.78 is 0. The van der Waals surface area contributed by atoms with Gasteiger partial charge in [0.15, 0.2) is 0 Å². The predicted octanol–water partition coefficient (Wildman–Crippen LogP) is 3.66. The van der Waals surface area contributed by atoms with E-state index < -0.39 is 0 Å². The molecule has 20 heavy (non-hydrogen) atoms. The molecule has 1 aromatic heterocycles. The van der Waals surface area contributed by atoms with Gasteiger partial charge in [-0.15, -0.1) is 0 Å². The maximum atomic E-state index is 4.78. The topological polar surface area (TPSA) is 41.0 Å². The van der Waals surface area contributed by atoms with E-state index in [9.17, 15) is 0 Å². The zero-order valence-corrected chi connectivity index (χ0v) is 13.3. The van der Waals surface area contributed by atoms with Crippen LogP contribution in [0.15, 0.2) is 6.07 Å². The molecule has 4 heteroatoms. The summed E-state index contributed by atoms with van der Waals surface area (Å²) in [7, 11) is 0. The van der Waals surface area contributed by atoms with Crippen molar-refractivity contribution in [2.75, 3.05) is 29.9 Å². The third-order valence-electron chi connectivity index (χ3n) is 4.02. The molecule has 0 spiro atoms. The van der Waals surface area contributed by atoms with Gasteiger partial charge in [0.1, 0.15) is 17.5 Å². The summed E-state index contributed by atoms with van der Waals surface area (Å²) in [5.74, 6) is 4.16. The predicted molar refractivity (Wildman–Crippen MR) is 85.5 cm³/mol. The van der Waals surface area contributed by atoms with Crippen LogP contribution in [0.5, 0.6) is 0 Å². The lowest BCUT2D eigenvalue weighted by atomic mass is 9.96. The summed E-state index contributed by atoms with van der Waals surface area (Å²) in [5.41, 5.74) is 0. The van der Waals surface area contributed by atoms with Crippen LogP contribution >= 0.6 is 0 Å². The highest BCUT2D eigenvalue weighted by molar-refractivity contribution is 5.50. The highest BCUT2D eigenvalue weighted by Crippen LogP contribution is 2.26. The molecule has 1 aliphatic rings. The Bertz CT molecular complexity index is 430. The van der Waals surface area contributed by atoms with Crippen molar-refractivity contribution in [3.63, 3.8) is 0 Å². The van der Waals surface area contributed by atoms with E-state index in [1.807, 2.05) is 0 Å². The molecule has 1 aliphatic heterocycles. The number of hydrogen-bond donors (Lipinski definition) is 1. The molecule has 1 aromatic rings. The molecule has 1 unspecified atom stereocenters. The van der Waals surface area contributed by atoms with E-state index in [0.717, 1.165) is 43.0 Å². The standard InChI is InChI=1S/C16H28N4/c1-5-13-8-7-9-20(11-13)15-10-14(17-6-2)18-16(19-15)12(3)4/h10,12-13H,5-9,11H2,1-4H3,(H,17,18,19). The lowest BCUT2D eigenvalue weighted by molar-refractivity contribution is 0.402. The van der Waals surface area contributed by atoms with E-state index in [0.29, 0.717) is 5.92 Å². The lowest BCUT2D eigenvalue weighted by Crippen LogP contribution is -2.36. The van der Waals surface area contributed by atoms with Gasteiger partial charge in [-0.05, 0) is 25.7 Å². The van der Waals surface area contributed by atoms with Crippen LogP contribution < -0.4 is 10.2 Å². The van der Waals surface area contributed by atoms with Crippen molar-refractivity contribution in [1.82, 2.24) is 9.97 Å². The fourth-order valence-electron chi connectivity index (χ4n) is 2.75. The van der Waals surface area contributed by atoms with E-state index in [2.05, 4.69) is 49.0 Å². The van der Waals surface area contributed by atoms with Crippen LogP contribution in [0.2, 0.25) is 0 Å². The maximum Gasteiger partial charge on any atom is 0.135 e. The van der Waals surface area contributed by atoms with Gasteiger partial charge < -0.3 is 10.2 Å². The van der Waals surface area contributed by atoms with Gasteiger partial charge in [-0.2, -0.15) is 0 Å². The second kappa shape index (κ2) is 6.91. The van der Waals surface area contributed by atoms with Gasteiger partial charge in [0.05, 0.1) is 0 Å². The zero-order valence-electron chi connectivity index (χ0n) is 13.3. The number of nitrogens with zero attached hydrogens (tertiary/aromatic N) is 3. The molecule has 1 N–H and O–H groups in total. The highest BCUT2D eigenvalue weighted by Gasteiger charge is 2.21. The molecular formula is C16H28N4. The molecule has 1 saturated heterocycles. The Hall–Kier alpha value is -1.32. The van der Waals surface area contributed by atoms with Crippen molar-refractivity contribution in [3.05, 3.63) is 11.9 Å². The van der Waals surface area contributed by atoms with Gasteiger partial charge in [0, 0.05) is 31.6 Å². The van der Waals surface area contributed by atoms with E-state index in [-0.39, 0.29) is 0 Å². The SMILES string of the molecule is CCNc1cc(N2CCCC(CC)C2)nc(C(C)C)n1. The molecule has 0 saturated carbocycles. The Kier molecular flexibility index (Phi) is 5.21. The normalized spacial score (nSPS) is 19.4. The largest absolute Gasteiger partial charge is 0.370 e. The van der Waals surface area contributed by atoms with Crippen LogP contribution in [-0.4, -0.2) is 29.6 Å². The molecule has 112 valence electrons. The van der Waals surface area contributed by atoms with Crippen molar-refractivity contribution in [1.29, 1.82) is 0 Å². The Balaban J connectivity index is 2.24. The maximum absolute atomic E-state index is 4.78. The van der Waals surface area contributed by atoms with Crippen LogP contribution in [0.1, 0.15) is 58.7 Å². The van der Waals surface area contributed by atoms with Gasteiger partial charge in [0.25, 0.3) is 0 Å². The first kappa shape index (κ1) is 15.1. The quantitative estimate of drug-likeness (QED) is 0.891. The summed E-state index contributed by atoms with van der Waals surface area (Å²) in [5, 5.41) is 3.33. The third-order valence-corrected chi connectivity index (χ3v) is 4.02. The van der Waals surface area contributed by atoms with Crippen molar-refractivity contribution < 1.29 is 0 Å². The minimum absolute atomic E-state index is 0.360. The smallest absolute Gasteiger partial charge is 0.135 e. The van der Waals surface area contributed by atoms with Crippen LogP contribution in [-0.2, 0) is 0 Å². The molecule has 0 radical (unpaired) electrons. The summed E-state index contributed by atoms with van der Waals surface area (Å²) in [6.45, 7) is 11.8. The fraction of sp³-hybridized carbons (Fsp3) is 0.750. The van der Waals surface area contributed by atoms with Crippen molar-refractivity contribution in [2.45, 2.75) is 52.9 Å². The number of aromatic nitrogens is 2. The van der Waals surface area contributed by atoms with Crippen LogP contribution in [0.25, 0.3) is 0 Å². The number of nitrogens with one attached hydrogen (secondary N) is 1.